The van der Waals surface area contributed by atoms with Crippen molar-refractivity contribution in [2.24, 2.45) is 0 Å². The number of ether oxygens (including phenoxy) is 1. The molecule has 2 rings (SSSR count). The fraction of sp³-hybridized carbons (Fsp3) is 0.438. The number of aromatic nitrogens is 2. The number of benzene rings is 1. The molecule has 2 aromatic rings. The van der Waals surface area contributed by atoms with E-state index in [1.165, 1.54) is 0 Å². The molecule has 1 aromatic heterocycles. The van der Waals surface area contributed by atoms with E-state index in [0.717, 1.165) is 23.3 Å². The van der Waals surface area contributed by atoms with Crippen molar-refractivity contribution >= 4 is 0 Å². The molecule has 0 spiro atoms. The predicted octanol–water partition coefficient (Wildman–Crippen LogP) is 3.33. The second-order valence-electron chi connectivity index (χ2n) is 5.14. The van der Waals surface area contributed by atoms with Gasteiger partial charge in [-0.3, -0.25) is 4.68 Å². The number of hydrogen-bond donors (Lipinski definition) is 1. The zero-order valence-corrected chi connectivity index (χ0v) is 12.3. The smallest absolute Gasteiger partial charge is 0.125 e. The summed E-state index contributed by atoms with van der Waals surface area (Å²) < 4.78 is 7.54. The first-order valence-corrected chi connectivity index (χ1v) is 7.07. The van der Waals surface area contributed by atoms with E-state index in [0.29, 0.717) is 6.61 Å². The molecule has 108 valence electrons. The van der Waals surface area contributed by atoms with E-state index in [9.17, 15) is 5.11 Å². The monoisotopic (exact) mass is 274 g/mol. The molecule has 0 aliphatic carbocycles. The molecule has 1 N–H and O–H groups in total. The van der Waals surface area contributed by atoms with Crippen molar-refractivity contribution in [3.8, 4) is 5.75 Å². The zero-order chi connectivity index (χ0) is 14.5. The van der Waals surface area contributed by atoms with Crippen LogP contribution in [-0.2, 0) is 0 Å². The molecule has 0 bridgehead atoms. The lowest BCUT2D eigenvalue weighted by atomic mass is 10.0. The first-order chi connectivity index (χ1) is 9.63. The highest BCUT2D eigenvalue weighted by Crippen LogP contribution is 2.30. The van der Waals surface area contributed by atoms with Gasteiger partial charge in [0.25, 0.3) is 0 Å². The Labute approximate surface area is 120 Å². The van der Waals surface area contributed by atoms with Gasteiger partial charge in [-0.2, -0.15) is 5.10 Å². The third kappa shape index (κ3) is 3.20. The van der Waals surface area contributed by atoms with Crippen LogP contribution in [0.5, 0.6) is 5.75 Å². The van der Waals surface area contributed by atoms with Crippen molar-refractivity contribution in [1.29, 1.82) is 0 Å². The Hall–Kier alpha value is -1.81. The number of aliphatic hydroxyl groups excluding tert-OH is 1. The summed E-state index contributed by atoms with van der Waals surface area (Å²) in [6, 6.07) is 7.88. The van der Waals surface area contributed by atoms with Crippen molar-refractivity contribution < 1.29 is 9.84 Å². The topological polar surface area (TPSA) is 47.3 Å². The maximum absolute atomic E-state index is 10.5. The number of rotatable bonds is 6. The second kappa shape index (κ2) is 6.57. The van der Waals surface area contributed by atoms with Crippen LogP contribution >= 0.6 is 0 Å². The molecule has 4 heteroatoms. The van der Waals surface area contributed by atoms with Gasteiger partial charge in [-0.05, 0) is 26.3 Å². The highest BCUT2D eigenvalue weighted by molar-refractivity contribution is 5.39. The molecule has 0 fully saturated rings. The Morgan fingerprint density at radius 1 is 1.30 bits per heavy atom. The van der Waals surface area contributed by atoms with Gasteiger partial charge in [0.15, 0.2) is 0 Å². The minimum atomic E-state index is -0.712. The van der Waals surface area contributed by atoms with Crippen LogP contribution in [0.4, 0.5) is 0 Å². The third-order valence-corrected chi connectivity index (χ3v) is 3.14. The molecule has 0 saturated heterocycles. The summed E-state index contributed by atoms with van der Waals surface area (Å²) in [5.41, 5.74) is 1.57. The molecule has 0 radical (unpaired) electrons. The van der Waals surface area contributed by atoms with E-state index < -0.39 is 6.10 Å². The van der Waals surface area contributed by atoms with E-state index in [1.807, 2.05) is 35.1 Å². The van der Waals surface area contributed by atoms with E-state index in [2.05, 4.69) is 25.9 Å². The minimum absolute atomic E-state index is 0.280. The highest BCUT2D eigenvalue weighted by Gasteiger charge is 2.17. The minimum Gasteiger partial charge on any atom is -0.493 e. The Kier molecular flexibility index (Phi) is 4.79. The lowest BCUT2D eigenvalue weighted by molar-refractivity contribution is 0.210. The Morgan fingerprint density at radius 2 is 2.05 bits per heavy atom. The molecule has 0 aliphatic rings. The number of aliphatic hydroxyl groups is 1. The lowest BCUT2D eigenvalue weighted by Crippen LogP contribution is -2.04. The molecule has 1 aromatic carbocycles. The van der Waals surface area contributed by atoms with Crippen molar-refractivity contribution in [3.63, 3.8) is 0 Å². The van der Waals surface area contributed by atoms with Gasteiger partial charge in [-0.25, -0.2) is 0 Å². The average Bonchev–Trinajstić information content (AvgIpc) is 2.94. The van der Waals surface area contributed by atoms with Gasteiger partial charge in [0.1, 0.15) is 11.9 Å². The summed E-state index contributed by atoms with van der Waals surface area (Å²) >= 11 is 0. The zero-order valence-electron chi connectivity index (χ0n) is 12.3. The van der Waals surface area contributed by atoms with Crippen LogP contribution < -0.4 is 4.74 Å². The summed E-state index contributed by atoms with van der Waals surface area (Å²) in [7, 11) is 0. The van der Waals surface area contributed by atoms with Crippen LogP contribution in [0.25, 0.3) is 0 Å². The van der Waals surface area contributed by atoms with E-state index in [-0.39, 0.29) is 6.04 Å². The highest BCUT2D eigenvalue weighted by atomic mass is 16.5. The van der Waals surface area contributed by atoms with Crippen molar-refractivity contribution in [3.05, 3.63) is 47.8 Å². The van der Waals surface area contributed by atoms with Crippen LogP contribution in [0.2, 0.25) is 0 Å². The van der Waals surface area contributed by atoms with Gasteiger partial charge in [0, 0.05) is 23.4 Å². The maximum atomic E-state index is 10.5. The van der Waals surface area contributed by atoms with Crippen LogP contribution in [0.15, 0.2) is 36.7 Å². The van der Waals surface area contributed by atoms with E-state index in [4.69, 9.17) is 4.74 Å². The first kappa shape index (κ1) is 14.6. The quantitative estimate of drug-likeness (QED) is 0.879. The van der Waals surface area contributed by atoms with Gasteiger partial charge < -0.3 is 9.84 Å². The molecule has 1 unspecified atom stereocenters. The molecule has 1 atom stereocenters. The largest absolute Gasteiger partial charge is 0.493 e. The molecule has 0 aliphatic heterocycles. The average molecular weight is 274 g/mol. The molecule has 20 heavy (non-hydrogen) atoms. The van der Waals surface area contributed by atoms with Gasteiger partial charge in [-0.15, -0.1) is 0 Å². The summed E-state index contributed by atoms with van der Waals surface area (Å²) in [5.74, 6) is 0.735. The molecule has 4 nitrogen and oxygen atoms in total. The summed E-state index contributed by atoms with van der Waals surface area (Å²) in [6.45, 7) is 6.82. The first-order valence-electron chi connectivity index (χ1n) is 7.07. The van der Waals surface area contributed by atoms with Crippen LogP contribution in [0, 0.1) is 0 Å². The Bertz CT molecular complexity index is 549. The van der Waals surface area contributed by atoms with Crippen LogP contribution in [0.1, 0.15) is 50.5 Å². The van der Waals surface area contributed by atoms with Crippen molar-refractivity contribution in [2.45, 2.75) is 39.3 Å². The molecular formula is C16H22N2O2. The number of hydrogen-bond acceptors (Lipinski definition) is 3. The normalized spacial score (nSPS) is 12.7. The van der Waals surface area contributed by atoms with Gasteiger partial charge in [0.05, 0.1) is 12.8 Å². The third-order valence-electron chi connectivity index (χ3n) is 3.14. The standard InChI is InChI=1S/C16H22N2O2/c1-4-9-20-15-8-6-5-7-14(15)16(19)13-10-17-18(11-13)12(2)3/h5-8,10-12,16,19H,4,9H2,1-3H3. The lowest BCUT2D eigenvalue weighted by Gasteiger charge is -2.15. The summed E-state index contributed by atoms with van der Waals surface area (Å²) in [5, 5.41) is 14.8. The Balaban J connectivity index is 2.25. The van der Waals surface area contributed by atoms with E-state index >= 15 is 0 Å². The second-order valence-corrected chi connectivity index (χ2v) is 5.14. The summed E-state index contributed by atoms with van der Waals surface area (Å²) in [6.07, 6.45) is 3.82. The predicted molar refractivity (Wildman–Crippen MR) is 78.9 cm³/mol. The molecule has 0 amide bonds. The number of para-hydroxylation sites is 1. The van der Waals surface area contributed by atoms with Crippen LogP contribution in [-0.4, -0.2) is 21.5 Å². The van der Waals surface area contributed by atoms with Gasteiger partial charge in [0.2, 0.25) is 0 Å². The van der Waals surface area contributed by atoms with Gasteiger partial charge >= 0.3 is 0 Å². The van der Waals surface area contributed by atoms with E-state index in [1.54, 1.807) is 6.20 Å². The molecular weight excluding hydrogens is 252 g/mol. The SMILES string of the molecule is CCCOc1ccccc1C(O)c1cnn(C(C)C)c1. The fourth-order valence-electron chi connectivity index (χ4n) is 2.01. The van der Waals surface area contributed by atoms with Crippen LogP contribution in [0.3, 0.4) is 0 Å². The fourth-order valence-corrected chi connectivity index (χ4v) is 2.01. The van der Waals surface area contributed by atoms with Crippen molar-refractivity contribution in [2.75, 3.05) is 6.61 Å². The summed E-state index contributed by atoms with van der Waals surface area (Å²) in [4.78, 5) is 0. The Morgan fingerprint density at radius 3 is 2.70 bits per heavy atom. The molecule has 0 saturated carbocycles. The maximum Gasteiger partial charge on any atom is 0.125 e. The molecule has 1 heterocycles. The van der Waals surface area contributed by atoms with Crippen molar-refractivity contribution in [1.82, 2.24) is 9.78 Å². The number of nitrogens with zero attached hydrogens (tertiary/aromatic N) is 2. The van der Waals surface area contributed by atoms with Gasteiger partial charge in [-0.1, -0.05) is 25.1 Å².